The van der Waals surface area contributed by atoms with Gasteiger partial charge in [-0.15, -0.1) is 0 Å². The molecule has 0 aliphatic heterocycles. The van der Waals surface area contributed by atoms with Crippen LogP contribution in [0, 0.1) is 0 Å². The number of methoxy groups -OCH3 is 1. The Labute approximate surface area is 136 Å². The van der Waals surface area contributed by atoms with Gasteiger partial charge in [-0.25, -0.2) is 4.98 Å². The molecule has 0 spiro atoms. The maximum atomic E-state index is 5.33. The summed E-state index contributed by atoms with van der Waals surface area (Å²) in [7, 11) is 1.68. The van der Waals surface area contributed by atoms with Gasteiger partial charge in [0.1, 0.15) is 5.75 Å². The lowest BCUT2D eigenvalue weighted by atomic mass is 10.2. The van der Waals surface area contributed by atoms with E-state index in [9.17, 15) is 0 Å². The van der Waals surface area contributed by atoms with Gasteiger partial charge in [-0.05, 0) is 36.8 Å². The van der Waals surface area contributed by atoms with Crippen molar-refractivity contribution in [1.82, 2.24) is 9.38 Å². The predicted molar refractivity (Wildman–Crippen MR) is 96.9 cm³/mol. The number of fused-ring (bicyclic) bond motifs is 3. The van der Waals surface area contributed by atoms with Crippen molar-refractivity contribution < 1.29 is 4.74 Å². The number of benzene rings is 1. The molecule has 0 unspecified atom stereocenters. The number of hydrogen-bond donors (Lipinski definition) is 0. The van der Waals surface area contributed by atoms with Crippen molar-refractivity contribution >= 4 is 22.6 Å². The SMILES string of the molecule is CCCC/C=C/C=C/c1nc2ccc(OC)cc2n2cccc12. The van der Waals surface area contributed by atoms with Gasteiger partial charge < -0.3 is 9.14 Å². The summed E-state index contributed by atoms with van der Waals surface area (Å²) >= 11 is 0. The van der Waals surface area contributed by atoms with Crippen molar-refractivity contribution in [3.05, 3.63) is 60.5 Å². The maximum absolute atomic E-state index is 5.33. The second-order valence-electron chi connectivity index (χ2n) is 5.54. The van der Waals surface area contributed by atoms with Crippen LogP contribution in [-0.2, 0) is 0 Å². The lowest BCUT2D eigenvalue weighted by Gasteiger charge is -2.07. The quantitative estimate of drug-likeness (QED) is 0.459. The summed E-state index contributed by atoms with van der Waals surface area (Å²) in [6.07, 6.45) is 14.1. The van der Waals surface area contributed by atoms with Gasteiger partial charge in [-0.3, -0.25) is 0 Å². The fourth-order valence-corrected chi connectivity index (χ4v) is 2.67. The molecular formula is C20H22N2O. The van der Waals surface area contributed by atoms with Crippen molar-refractivity contribution in [1.29, 1.82) is 0 Å². The van der Waals surface area contributed by atoms with E-state index in [0.29, 0.717) is 0 Å². The second kappa shape index (κ2) is 7.14. The molecule has 3 heteroatoms. The number of nitrogens with zero attached hydrogens (tertiary/aromatic N) is 2. The summed E-state index contributed by atoms with van der Waals surface area (Å²) in [5.74, 6) is 0.844. The van der Waals surface area contributed by atoms with Crippen LogP contribution in [0.3, 0.4) is 0 Å². The number of allylic oxidation sites excluding steroid dienone is 3. The van der Waals surface area contributed by atoms with Crippen molar-refractivity contribution in [2.24, 2.45) is 0 Å². The molecule has 1 aromatic carbocycles. The minimum atomic E-state index is 0.844. The zero-order valence-corrected chi connectivity index (χ0v) is 13.7. The van der Waals surface area contributed by atoms with Gasteiger partial charge in [0.25, 0.3) is 0 Å². The van der Waals surface area contributed by atoms with E-state index in [2.05, 4.69) is 47.9 Å². The van der Waals surface area contributed by atoms with E-state index in [1.54, 1.807) is 7.11 Å². The number of ether oxygens (including phenoxy) is 1. The van der Waals surface area contributed by atoms with E-state index in [4.69, 9.17) is 9.72 Å². The number of rotatable bonds is 6. The molecule has 0 fully saturated rings. The maximum Gasteiger partial charge on any atom is 0.121 e. The molecule has 0 bridgehead atoms. The number of aromatic nitrogens is 2. The van der Waals surface area contributed by atoms with E-state index in [0.717, 1.165) is 34.4 Å². The van der Waals surface area contributed by atoms with E-state index in [1.165, 1.54) is 12.8 Å². The molecule has 0 saturated carbocycles. The van der Waals surface area contributed by atoms with Crippen LogP contribution in [0.1, 0.15) is 31.9 Å². The molecule has 3 nitrogen and oxygen atoms in total. The average molecular weight is 306 g/mol. The van der Waals surface area contributed by atoms with Crippen molar-refractivity contribution in [2.75, 3.05) is 7.11 Å². The van der Waals surface area contributed by atoms with Gasteiger partial charge >= 0.3 is 0 Å². The Morgan fingerprint density at radius 2 is 2.09 bits per heavy atom. The smallest absolute Gasteiger partial charge is 0.121 e. The minimum Gasteiger partial charge on any atom is -0.497 e. The highest BCUT2D eigenvalue weighted by atomic mass is 16.5. The van der Waals surface area contributed by atoms with Crippen LogP contribution in [-0.4, -0.2) is 16.5 Å². The van der Waals surface area contributed by atoms with Crippen molar-refractivity contribution in [3.8, 4) is 5.75 Å². The molecule has 3 rings (SSSR count). The zero-order chi connectivity index (χ0) is 16.1. The van der Waals surface area contributed by atoms with E-state index < -0.39 is 0 Å². The Balaban J connectivity index is 1.98. The van der Waals surface area contributed by atoms with Gasteiger partial charge in [0.2, 0.25) is 0 Å². The third kappa shape index (κ3) is 3.29. The van der Waals surface area contributed by atoms with Gasteiger partial charge in [0.15, 0.2) is 0 Å². The molecular weight excluding hydrogens is 284 g/mol. The zero-order valence-electron chi connectivity index (χ0n) is 13.7. The Morgan fingerprint density at radius 1 is 1.17 bits per heavy atom. The van der Waals surface area contributed by atoms with Crippen LogP contribution in [0.4, 0.5) is 0 Å². The normalized spacial score (nSPS) is 12.1. The number of hydrogen-bond acceptors (Lipinski definition) is 2. The lowest BCUT2D eigenvalue weighted by molar-refractivity contribution is 0.415. The molecule has 3 aromatic rings. The van der Waals surface area contributed by atoms with Crippen LogP contribution in [0.2, 0.25) is 0 Å². The van der Waals surface area contributed by atoms with Gasteiger partial charge in [0, 0.05) is 12.3 Å². The first-order valence-electron chi connectivity index (χ1n) is 8.11. The van der Waals surface area contributed by atoms with Crippen LogP contribution >= 0.6 is 0 Å². The van der Waals surface area contributed by atoms with Crippen molar-refractivity contribution in [3.63, 3.8) is 0 Å². The predicted octanol–water partition coefficient (Wildman–Crippen LogP) is 5.26. The van der Waals surface area contributed by atoms with Crippen LogP contribution in [0.15, 0.2) is 54.8 Å². The summed E-state index contributed by atoms with van der Waals surface area (Å²) in [5, 5.41) is 0. The molecule has 0 radical (unpaired) electrons. The highest BCUT2D eigenvalue weighted by Crippen LogP contribution is 2.23. The molecule has 2 aromatic heterocycles. The monoisotopic (exact) mass is 306 g/mol. The Kier molecular flexibility index (Phi) is 4.77. The Morgan fingerprint density at radius 3 is 2.91 bits per heavy atom. The van der Waals surface area contributed by atoms with Crippen molar-refractivity contribution in [2.45, 2.75) is 26.2 Å². The molecule has 0 saturated heterocycles. The summed E-state index contributed by atoms with van der Waals surface area (Å²) in [5.41, 5.74) is 4.10. The summed E-state index contributed by atoms with van der Waals surface area (Å²) in [6.45, 7) is 2.21. The highest BCUT2D eigenvalue weighted by molar-refractivity contribution is 5.84. The highest BCUT2D eigenvalue weighted by Gasteiger charge is 2.06. The minimum absolute atomic E-state index is 0.844. The third-order valence-corrected chi connectivity index (χ3v) is 3.92. The van der Waals surface area contributed by atoms with Gasteiger partial charge in [-0.1, -0.05) is 38.0 Å². The summed E-state index contributed by atoms with van der Waals surface area (Å²) in [6, 6.07) is 10.1. The molecule has 0 aliphatic rings. The third-order valence-electron chi connectivity index (χ3n) is 3.92. The molecule has 0 atom stereocenters. The van der Waals surface area contributed by atoms with Gasteiger partial charge in [0.05, 0.1) is 29.4 Å². The first kappa shape index (κ1) is 15.3. The van der Waals surface area contributed by atoms with Crippen LogP contribution in [0.25, 0.3) is 22.6 Å². The van der Waals surface area contributed by atoms with E-state index in [1.807, 2.05) is 24.3 Å². The standard InChI is InChI=1S/C20H22N2O/c1-3-4-5-6-7-8-10-17-19-11-9-14-22(19)20-15-16(23-2)12-13-18(20)21-17/h6-15H,3-5H2,1-2H3/b7-6+,10-8+. The average Bonchev–Trinajstić information content (AvgIpc) is 3.07. The molecule has 0 N–H and O–H groups in total. The molecule has 0 amide bonds. The molecule has 2 heterocycles. The van der Waals surface area contributed by atoms with Crippen LogP contribution in [0.5, 0.6) is 5.75 Å². The lowest BCUT2D eigenvalue weighted by Crippen LogP contribution is -1.94. The largest absolute Gasteiger partial charge is 0.497 e. The first-order valence-corrected chi connectivity index (χ1v) is 8.11. The second-order valence-corrected chi connectivity index (χ2v) is 5.54. The summed E-state index contributed by atoms with van der Waals surface area (Å²) < 4.78 is 7.48. The Hall–Kier alpha value is -2.55. The Bertz CT molecular complexity index is 859. The van der Waals surface area contributed by atoms with E-state index in [-0.39, 0.29) is 0 Å². The molecule has 0 aliphatic carbocycles. The number of unbranched alkanes of at least 4 members (excludes halogenated alkanes) is 2. The van der Waals surface area contributed by atoms with E-state index >= 15 is 0 Å². The summed E-state index contributed by atoms with van der Waals surface area (Å²) in [4.78, 5) is 4.79. The first-order chi connectivity index (χ1) is 11.3. The van der Waals surface area contributed by atoms with Crippen LogP contribution < -0.4 is 4.74 Å². The molecule has 23 heavy (non-hydrogen) atoms. The fourth-order valence-electron chi connectivity index (χ4n) is 2.67. The topological polar surface area (TPSA) is 26.5 Å². The fraction of sp³-hybridized carbons (Fsp3) is 0.250. The molecule has 118 valence electrons. The van der Waals surface area contributed by atoms with Gasteiger partial charge in [-0.2, -0.15) is 0 Å².